The van der Waals surface area contributed by atoms with Gasteiger partial charge < -0.3 is 10.3 Å². The highest BCUT2D eigenvalue weighted by Crippen LogP contribution is 2.27. The summed E-state index contributed by atoms with van der Waals surface area (Å²) in [5, 5.41) is 5.34. The first-order valence-electron chi connectivity index (χ1n) is 9.15. The zero-order valence-electron chi connectivity index (χ0n) is 15.7. The predicted molar refractivity (Wildman–Crippen MR) is 118 cm³/mol. The van der Waals surface area contributed by atoms with Crippen LogP contribution in [-0.4, -0.2) is 24.9 Å². The molecule has 0 radical (unpaired) electrons. The third-order valence-electron chi connectivity index (χ3n) is 4.85. The van der Waals surface area contributed by atoms with Crippen LogP contribution in [0.5, 0.6) is 0 Å². The fourth-order valence-corrected chi connectivity index (χ4v) is 3.37. The topological polar surface area (TPSA) is 79.4 Å². The summed E-state index contributed by atoms with van der Waals surface area (Å²) in [6.07, 6.45) is 5.30. The summed E-state index contributed by atoms with van der Waals surface area (Å²) < 4.78 is 0. The molecular weight excluding hydrogens is 384 g/mol. The molecular formula is C22H19ClN6. The van der Waals surface area contributed by atoms with Crippen LogP contribution in [-0.2, 0) is 0 Å². The molecule has 7 heteroatoms. The predicted octanol–water partition coefficient (Wildman–Crippen LogP) is 5.16. The van der Waals surface area contributed by atoms with Gasteiger partial charge in [0.25, 0.3) is 0 Å². The van der Waals surface area contributed by atoms with E-state index in [1.807, 2.05) is 48.8 Å². The average molecular weight is 403 g/mol. The third-order valence-corrected chi connectivity index (χ3v) is 4.85. The number of anilines is 1. The molecule has 2 N–H and O–H groups in total. The number of nitrogens with zero attached hydrogens (tertiary/aromatic N) is 4. The zero-order chi connectivity index (χ0) is 18.9. The SMILES string of the molecule is C[C@@H](Nc1ncc2cc(-c3ncnc4[nH]ccc34)ccc2n1)c1ccccc1.Cl. The van der Waals surface area contributed by atoms with Gasteiger partial charge in [-0.2, -0.15) is 0 Å². The van der Waals surface area contributed by atoms with E-state index < -0.39 is 0 Å². The molecule has 1 atom stereocenters. The van der Waals surface area contributed by atoms with E-state index in [4.69, 9.17) is 0 Å². The Morgan fingerprint density at radius 2 is 1.83 bits per heavy atom. The molecule has 2 aromatic carbocycles. The van der Waals surface area contributed by atoms with Crippen molar-refractivity contribution in [3.05, 3.63) is 78.9 Å². The molecule has 144 valence electrons. The number of hydrogen-bond acceptors (Lipinski definition) is 5. The van der Waals surface area contributed by atoms with Crippen LogP contribution >= 0.6 is 12.4 Å². The van der Waals surface area contributed by atoms with Crippen LogP contribution in [0.1, 0.15) is 18.5 Å². The quantitative estimate of drug-likeness (QED) is 0.434. The Balaban J connectivity index is 0.00000205. The highest BCUT2D eigenvalue weighted by molar-refractivity contribution is 5.93. The monoisotopic (exact) mass is 402 g/mol. The Bertz CT molecular complexity index is 1270. The molecule has 0 bridgehead atoms. The highest BCUT2D eigenvalue weighted by atomic mass is 35.5. The summed E-state index contributed by atoms with van der Waals surface area (Å²) in [7, 11) is 0. The Hall–Kier alpha value is -3.51. The number of nitrogens with one attached hydrogen (secondary N) is 2. The number of benzene rings is 2. The van der Waals surface area contributed by atoms with Gasteiger partial charge in [-0.3, -0.25) is 0 Å². The Morgan fingerprint density at radius 3 is 2.69 bits per heavy atom. The van der Waals surface area contributed by atoms with Crippen LogP contribution in [0.3, 0.4) is 0 Å². The number of aromatic nitrogens is 5. The van der Waals surface area contributed by atoms with E-state index in [0.717, 1.165) is 33.2 Å². The van der Waals surface area contributed by atoms with E-state index in [9.17, 15) is 0 Å². The van der Waals surface area contributed by atoms with E-state index in [0.29, 0.717) is 5.95 Å². The van der Waals surface area contributed by atoms with Gasteiger partial charge in [-0.1, -0.05) is 36.4 Å². The van der Waals surface area contributed by atoms with Gasteiger partial charge in [0, 0.05) is 28.7 Å². The lowest BCUT2D eigenvalue weighted by atomic mass is 10.1. The van der Waals surface area contributed by atoms with Gasteiger partial charge in [0.2, 0.25) is 5.95 Å². The van der Waals surface area contributed by atoms with Crippen molar-refractivity contribution in [3.63, 3.8) is 0 Å². The lowest BCUT2D eigenvalue weighted by Gasteiger charge is -2.14. The van der Waals surface area contributed by atoms with Crippen LogP contribution in [0.2, 0.25) is 0 Å². The first-order valence-corrected chi connectivity index (χ1v) is 9.15. The molecule has 0 spiro atoms. The molecule has 0 saturated heterocycles. The van der Waals surface area contributed by atoms with Gasteiger partial charge in [-0.05, 0) is 30.7 Å². The van der Waals surface area contributed by atoms with Gasteiger partial charge >= 0.3 is 0 Å². The van der Waals surface area contributed by atoms with Crippen LogP contribution in [0.4, 0.5) is 5.95 Å². The van der Waals surface area contributed by atoms with Crippen molar-refractivity contribution in [1.29, 1.82) is 0 Å². The van der Waals surface area contributed by atoms with Gasteiger partial charge in [-0.15, -0.1) is 12.4 Å². The maximum atomic E-state index is 4.67. The molecule has 0 fully saturated rings. The summed E-state index contributed by atoms with van der Waals surface area (Å²) >= 11 is 0. The second-order valence-corrected chi connectivity index (χ2v) is 6.71. The Kier molecular flexibility index (Phi) is 5.10. The molecule has 3 heterocycles. The van der Waals surface area contributed by atoms with E-state index >= 15 is 0 Å². The molecule has 0 amide bonds. The Morgan fingerprint density at radius 1 is 0.966 bits per heavy atom. The molecule has 6 nitrogen and oxygen atoms in total. The van der Waals surface area contributed by atoms with Crippen molar-refractivity contribution in [3.8, 4) is 11.3 Å². The lowest BCUT2D eigenvalue weighted by Crippen LogP contribution is -2.09. The van der Waals surface area contributed by atoms with Crippen LogP contribution in [0.15, 0.2) is 73.3 Å². The summed E-state index contributed by atoms with van der Waals surface area (Å²) in [6, 6.07) is 18.5. The molecule has 0 aliphatic rings. The normalized spacial score (nSPS) is 11.9. The first-order chi connectivity index (χ1) is 13.8. The molecule has 0 aliphatic heterocycles. The van der Waals surface area contributed by atoms with E-state index in [-0.39, 0.29) is 18.4 Å². The van der Waals surface area contributed by atoms with Gasteiger partial charge in [0.05, 0.1) is 17.3 Å². The van der Waals surface area contributed by atoms with E-state index in [1.54, 1.807) is 6.33 Å². The van der Waals surface area contributed by atoms with Crippen molar-refractivity contribution in [2.24, 2.45) is 0 Å². The fourth-order valence-electron chi connectivity index (χ4n) is 3.37. The van der Waals surface area contributed by atoms with Gasteiger partial charge in [-0.25, -0.2) is 19.9 Å². The summed E-state index contributed by atoms with van der Waals surface area (Å²) in [6.45, 7) is 2.10. The van der Waals surface area contributed by atoms with Crippen molar-refractivity contribution >= 4 is 40.3 Å². The smallest absolute Gasteiger partial charge is 0.223 e. The number of H-pyrrole nitrogens is 1. The van der Waals surface area contributed by atoms with Crippen molar-refractivity contribution in [1.82, 2.24) is 24.9 Å². The van der Waals surface area contributed by atoms with Gasteiger partial charge in [0.15, 0.2) is 0 Å². The maximum absolute atomic E-state index is 4.67. The van der Waals surface area contributed by atoms with Crippen LogP contribution in [0.25, 0.3) is 33.2 Å². The highest BCUT2D eigenvalue weighted by Gasteiger charge is 2.10. The minimum atomic E-state index is 0. The fraction of sp³-hybridized carbons (Fsp3) is 0.0909. The van der Waals surface area contributed by atoms with Crippen molar-refractivity contribution in [2.75, 3.05) is 5.32 Å². The summed E-state index contributed by atoms with van der Waals surface area (Å²) in [5.74, 6) is 0.617. The largest absolute Gasteiger partial charge is 0.348 e. The number of rotatable bonds is 4. The lowest BCUT2D eigenvalue weighted by molar-refractivity contribution is 0.864. The third kappa shape index (κ3) is 3.62. The maximum Gasteiger partial charge on any atom is 0.223 e. The second-order valence-electron chi connectivity index (χ2n) is 6.71. The number of aromatic amines is 1. The molecule has 29 heavy (non-hydrogen) atoms. The van der Waals surface area contributed by atoms with E-state index in [1.165, 1.54) is 5.56 Å². The molecule has 5 rings (SSSR count). The minimum absolute atomic E-state index is 0. The number of halogens is 1. The van der Waals surface area contributed by atoms with Crippen molar-refractivity contribution < 1.29 is 0 Å². The Labute approximate surface area is 173 Å². The second kappa shape index (κ2) is 7.85. The molecule has 0 aliphatic carbocycles. The number of fused-ring (bicyclic) bond motifs is 2. The van der Waals surface area contributed by atoms with Crippen molar-refractivity contribution in [2.45, 2.75) is 13.0 Å². The van der Waals surface area contributed by atoms with Crippen LogP contribution in [0, 0.1) is 0 Å². The molecule has 0 saturated carbocycles. The summed E-state index contributed by atoms with van der Waals surface area (Å²) in [5.41, 5.74) is 4.83. The molecule has 0 unspecified atom stereocenters. The standard InChI is InChI=1S/C22H18N6.ClH/c1-14(15-5-3-2-4-6-15)27-22-24-12-17-11-16(7-8-19(17)28-22)20-18-9-10-23-21(18)26-13-25-20;/h2-14H,1H3,(H,23,25,26)(H,24,27,28);1H/t14-;/m1./s1. The molecule has 5 aromatic rings. The first kappa shape index (κ1) is 18.8. The zero-order valence-corrected chi connectivity index (χ0v) is 16.5. The molecule has 3 aromatic heterocycles. The number of hydrogen-bond donors (Lipinski definition) is 2. The average Bonchev–Trinajstić information content (AvgIpc) is 3.23. The summed E-state index contributed by atoms with van der Waals surface area (Å²) in [4.78, 5) is 21.0. The minimum Gasteiger partial charge on any atom is -0.348 e. The van der Waals surface area contributed by atoms with E-state index in [2.05, 4.69) is 55.4 Å². The van der Waals surface area contributed by atoms with Gasteiger partial charge in [0.1, 0.15) is 12.0 Å². The van der Waals surface area contributed by atoms with Crippen LogP contribution < -0.4 is 5.32 Å².